The second-order valence-electron chi connectivity index (χ2n) is 4.66. The van der Waals surface area contributed by atoms with Crippen LogP contribution < -0.4 is 11.1 Å². The van der Waals surface area contributed by atoms with Crippen molar-refractivity contribution < 1.29 is 0 Å². The Balaban J connectivity index is 2.04. The quantitative estimate of drug-likeness (QED) is 0.798. The van der Waals surface area contributed by atoms with Gasteiger partial charge in [0.1, 0.15) is 18.0 Å². The highest BCUT2D eigenvalue weighted by molar-refractivity contribution is 5.55. The smallest absolute Gasteiger partial charge is 0.134 e. The highest BCUT2D eigenvalue weighted by Gasteiger charge is 2.24. The molecule has 1 aliphatic carbocycles. The third-order valence-corrected chi connectivity index (χ3v) is 3.10. The van der Waals surface area contributed by atoms with Crippen LogP contribution in [0, 0.1) is 5.92 Å². The molecular formula is C12H20N4. The summed E-state index contributed by atoms with van der Waals surface area (Å²) in [6.45, 7) is 4.28. The topological polar surface area (TPSA) is 63.8 Å². The highest BCUT2D eigenvalue weighted by atomic mass is 15.1. The minimum atomic E-state index is 0.465. The van der Waals surface area contributed by atoms with Crippen LogP contribution in [0.3, 0.4) is 0 Å². The molecule has 1 aromatic rings. The number of anilines is 2. The van der Waals surface area contributed by atoms with Crippen LogP contribution in [0.25, 0.3) is 0 Å². The van der Waals surface area contributed by atoms with Crippen molar-refractivity contribution in [3.63, 3.8) is 0 Å². The lowest BCUT2D eigenvalue weighted by Gasteiger charge is -2.16. The molecule has 1 aliphatic rings. The third-order valence-electron chi connectivity index (χ3n) is 3.10. The molecule has 0 spiro atoms. The van der Waals surface area contributed by atoms with Crippen LogP contribution in [0.1, 0.15) is 38.7 Å². The minimum Gasteiger partial charge on any atom is -0.383 e. The minimum absolute atomic E-state index is 0.465. The van der Waals surface area contributed by atoms with Crippen molar-refractivity contribution in [2.24, 2.45) is 5.92 Å². The Morgan fingerprint density at radius 2 is 2.25 bits per heavy atom. The number of nitrogen functional groups attached to an aromatic ring is 1. The zero-order valence-electron chi connectivity index (χ0n) is 10.0. The van der Waals surface area contributed by atoms with Crippen molar-refractivity contribution in [1.29, 1.82) is 0 Å². The molecule has 0 aromatic carbocycles. The second kappa shape index (κ2) is 4.68. The summed E-state index contributed by atoms with van der Waals surface area (Å²) in [7, 11) is 0. The molecule has 88 valence electrons. The molecule has 1 aromatic heterocycles. The van der Waals surface area contributed by atoms with E-state index in [2.05, 4.69) is 29.1 Å². The molecule has 1 unspecified atom stereocenters. The first-order chi connectivity index (χ1) is 7.70. The molecule has 1 saturated carbocycles. The average Bonchev–Trinajstić information content (AvgIpc) is 3.02. The average molecular weight is 220 g/mol. The van der Waals surface area contributed by atoms with Gasteiger partial charge in [-0.05, 0) is 25.7 Å². The second-order valence-corrected chi connectivity index (χ2v) is 4.66. The number of hydrogen-bond donors (Lipinski definition) is 2. The van der Waals surface area contributed by atoms with Crippen LogP contribution in [0.5, 0.6) is 0 Å². The van der Waals surface area contributed by atoms with Crippen LogP contribution in [0.2, 0.25) is 0 Å². The number of nitrogens with one attached hydrogen (secondary N) is 1. The van der Waals surface area contributed by atoms with Crippen molar-refractivity contribution in [2.75, 3.05) is 11.1 Å². The van der Waals surface area contributed by atoms with E-state index in [9.17, 15) is 0 Å². The van der Waals surface area contributed by atoms with Gasteiger partial charge in [0.2, 0.25) is 0 Å². The van der Waals surface area contributed by atoms with Gasteiger partial charge in [-0.3, -0.25) is 0 Å². The fourth-order valence-corrected chi connectivity index (χ4v) is 2.04. The normalized spacial score (nSPS) is 17.1. The molecule has 0 amide bonds. The zero-order chi connectivity index (χ0) is 11.5. The first-order valence-corrected chi connectivity index (χ1v) is 6.06. The van der Waals surface area contributed by atoms with Crippen LogP contribution in [-0.2, 0) is 6.42 Å². The standard InChI is InChI=1S/C12H20N4/c1-3-10-11(13)14-7-15-12(10)16-8(2)6-9-4-5-9/h7-9H,3-6H2,1-2H3,(H3,13,14,15,16). The van der Waals surface area contributed by atoms with E-state index in [1.54, 1.807) is 0 Å². The number of aromatic nitrogens is 2. The maximum atomic E-state index is 5.83. The van der Waals surface area contributed by atoms with E-state index in [-0.39, 0.29) is 0 Å². The Morgan fingerprint density at radius 1 is 1.50 bits per heavy atom. The summed E-state index contributed by atoms with van der Waals surface area (Å²) in [5, 5.41) is 3.44. The number of nitrogens with zero attached hydrogens (tertiary/aromatic N) is 2. The zero-order valence-corrected chi connectivity index (χ0v) is 10.0. The first-order valence-electron chi connectivity index (χ1n) is 6.06. The maximum Gasteiger partial charge on any atom is 0.134 e. The summed E-state index contributed by atoms with van der Waals surface area (Å²) >= 11 is 0. The van der Waals surface area contributed by atoms with Gasteiger partial charge in [0.25, 0.3) is 0 Å². The molecular weight excluding hydrogens is 200 g/mol. The summed E-state index contributed by atoms with van der Waals surface area (Å²) in [6.07, 6.45) is 6.40. The SMILES string of the molecule is CCc1c(N)ncnc1NC(C)CC1CC1. The summed E-state index contributed by atoms with van der Waals surface area (Å²) in [5.74, 6) is 2.42. The number of hydrogen-bond acceptors (Lipinski definition) is 4. The van der Waals surface area contributed by atoms with E-state index in [1.165, 1.54) is 25.6 Å². The summed E-state index contributed by atoms with van der Waals surface area (Å²) < 4.78 is 0. The van der Waals surface area contributed by atoms with Gasteiger partial charge < -0.3 is 11.1 Å². The van der Waals surface area contributed by atoms with Crippen molar-refractivity contribution in [3.05, 3.63) is 11.9 Å². The molecule has 0 aliphatic heterocycles. The van der Waals surface area contributed by atoms with Gasteiger partial charge in [-0.25, -0.2) is 9.97 Å². The van der Waals surface area contributed by atoms with Crippen LogP contribution >= 0.6 is 0 Å². The molecule has 0 saturated heterocycles. The lowest BCUT2D eigenvalue weighted by atomic mass is 10.1. The lowest BCUT2D eigenvalue weighted by molar-refractivity contribution is 0.639. The Labute approximate surface area is 96.7 Å². The van der Waals surface area contributed by atoms with Crippen LogP contribution in [0.4, 0.5) is 11.6 Å². The van der Waals surface area contributed by atoms with Crippen LogP contribution in [0.15, 0.2) is 6.33 Å². The van der Waals surface area contributed by atoms with Crippen molar-refractivity contribution in [2.45, 2.75) is 45.6 Å². The van der Waals surface area contributed by atoms with Crippen molar-refractivity contribution >= 4 is 11.6 Å². The van der Waals surface area contributed by atoms with Gasteiger partial charge in [0.15, 0.2) is 0 Å². The highest BCUT2D eigenvalue weighted by Crippen LogP contribution is 2.34. The molecule has 2 rings (SSSR count). The van der Waals surface area contributed by atoms with E-state index in [4.69, 9.17) is 5.73 Å². The predicted molar refractivity (Wildman–Crippen MR) is 66.2 cm³/mol. The Hall–Kier alpha value is -1.32. The van der Waals surface area contributed by atoms with Crippen LogP contribution in [-0.4, -0.2) is 16.0 Å². The molecule has 3 N–H and O–H groups in total. The third kappa shape index (κ3) is 2.62. The van der Waals surface area contributed by atoms with Gasteiger partial charge in [0.05, 0.1) is 0 Å². The number of nitrogens with two attached hydrogens (primary N) is 1. The van der Waals surface area contributed by atoms with Gasteiger partial charge in [-0.2, -0.15) is 0 Å². The molecule has 1 fully saturated rings. The molecule has 16 heavy (non-hydrogen) atoms. The Bertz CT molecular complexity index is 360. The lowest BCUT2D eigenvalue weighted by Crippen LogP contribution is -2.18. The van der Waals surface area contributed by atoms with E-state index >= 15 is 0 Å². The van der Waals surface area contributed by atoms with Crippen molar-refractivity contribution in [3.8, 4) is 0 Å². The molecule has 0 radical (unpaired) electrons. The van der Waals surface area contributed by atoms with Gasteiger partial charge in [-0.15, -0.1) is 0 Å². The number of rotatable bonds is 5. The van der Waals surface area contributed by atoms with Gasteiger partial charge >= 0.3 is 0 Å². The Kier molecular flexibility index (Phi) is 3.27. The summed E-state index contributed by atoms with van der Waals surface area (Å²) in [5.41, 5.74) is 6.86. The largest absolute Gasteiger partial charge is 0.383 e. The van der Waals surface area contributed by atoms with E-state index in [1.807, 2.05) is 0 Å². The predicted octanol–water partition coefficient (Wildman–Crippen LogP) is 2.22. The fraction of sp³-hybridized carbons (Fsp3) is 0.667. The van der Waals surface area contributed by atoms with Gasteiger partial charge in [-0.1, -0.05) is 19.8 Å². The fourth-order valence-electron chi connectivity index (χ4n) is 2.04. The van der Waals surface area contributed by atoms with E-state index in [0.29, 0.717) is 11.9 Å². The Morgan fingerprint density at radius 3 is 2.88 bits per heavy atom. The summed E-state index contributed by atoms with van der Waals surface area (Å²) in [6, 6.07) is 0.465. The molecule has 4 nitrogen and oxygen atoms in total. The molecule has 1 heterocycles. The monoisotopic (exact) mass is 220 g/mol. The van der Waals surface area contributed by atoms with Gasteiger partial charge in [0, 0.05) is 11.6 Å². The maximum absolute atomic E-state index is 5.83. The summed E-state index contributed by atoms with van der Waals surface area (Å²) in [4.78, 5) is 8.29. The van der Waals surface area contributed by atoms with E-state index < -0.39 is 0 Å². The first kappa shape index (κ1) is 11.2. The van der Waals surface area contributed by atoms with E-state index in [0.717, 1.165) is 23.7 Å². The molecule has 0 bridgehead atoms. The van der Waals surface area contributed by atoms with Crippen molar-refractivity contribution in [1.82, 2.24) is 9.97 Å². The molecule has 1 atom stereocenters. The molecule has 4 heteroatoms.